The SMILES string of the molecule is O=C(NN1C(=O)[C@@H]2[C@@H]3C=C[C@@H]([C@H]4C[C@@H]34)[C@@H]2C1=O)c1ccccn1. The first kappa shape index (κ1) is 13.0. The average molecular weight is 309 g/mol. The molecule has 2 saturated carbocycles. The van der Waals surface area contributed by atoms with Crippen molar-refractivity contribution in [2.24, 2.45) is 35.5 Å². The van der Waals surface area contributed by atoms with Crippen LogP contribution in [0.3, 0.4) is 0 Å². The van der Waals surface area contributed by atoms with Gasteiger partial charge in [0, 0.05) is 6.20 Å². The zero-order chi connectivity index (χ0) is 15.7. The van der Waals surface area contributed by atoms with Gasteiger partial charge in [0.05, 0.1) is 11.8 Å². The number of hydrogen-bond acceptors (Lipinski definition) is 4. The number of pyridine rings is 1. The summed E-state index contributed by atoms with van der Waals surface area (Å²) in [6.45, 7) is 0. The number of nitrogens with one attached hydrogen (secondary N) is 1. The van der Waals surface area contributed by atoms with Crippen LogP contribution in [0.4, 0.5) is 0 Å². The van der Waals surface area contributed by atoms with E-state index in [-0.39, 0.29) is 41.2 Å². The smallest absolute Gasteiger partial charge is 0.272 e. The molecule has 5 aliphatic rings. The Morgan fingerprint density at radius 3 is 2.30 bits per heavy atom. The van der Waals surface area contributed by atoms with Crippen molar-refractivity contribution in [2.75, 3.05) is 0 Å². The van der Waals surface area contributed by atoms with Crippen LogP contribution in [-0.4, -0.2) is 27.7 Å². The molecular weight excluding hydrogens is 294 g/mol. The van der Waals surface area contributed by atoms with Crippen LogP contribution in [0.5, 0.6) is 0 Å². The molecule has 1 aromatic rings. The van der Waals surface area contributed by atoms with Crippen molar-refractivity contribution in [3.8, 4) is 0 Å². The topological polar surface area (TPSA) is 79.4 Å². The third-order valence-corrected chi connectivity index (χ3v) is 5.77. The highest BCUT2D eigenvalue weighted by Gasteiger charge is 2.67. The van der Waals surface area contributed by atoms with Gasteiger partial charge in [0.1, 0.15) is 5.69 Å². The Balaban J connectivity index is 1.42. The predicted molar refractivity (Wildman–Crippen MR) is 78.3 cm³/mol. The summed E-state index contributed by atoms with van der Waals surface area (Å²) in [6, 6.07) is 4.94. The number of imide groups is 1. The van der Waals surface area contributed by atoms with Crippen molar-refractivity contribution in [2.45, 2.75) is 6.42 Å². The van der Waals surface area contributed by atoms with Crippen LogP contribution in [0.1, 0.15) is 16.9 Å². The van der Waals surface area contributed by atoms with Crippen LogP contribution in [0.2, 0.25) is 0 Å². The van der Waals surface area contributed by atoms with Gasteiger partial charge in [-0.05, 0) is 42.2 Å². The molecule has 0 spiro atoms. The second kappa shape index (κ2) is 4.28. The molecule has 1 N–H and O–H groups in total. The lowest BCUT2D eigenvalue weighted by molar-refractivity contribution is -0.143. The molecule has 3 amide bonds. The fourth-order valence-corrected chi connectivity index (χ4v) is 4.72. The molecule has 3 fully saturated rings. The monoisotopic (exact) mass is 309 g/mol. The van der Waals surface area contributed by atoms with E-state index in [1.807, 2.05) is 0 Å². The second-order valence-corrected chi connectivity index (χ2v) is 6.82. The van der Waals surface area contributed by atoms with Gasteiger partial charge in [-0.25, -0.2) is 0 Å². The van der Waals surface area contributed by atoms with E-state index in [9.17, 15) is 14.4 Å². The molecule has 116 valence electrons. The van der Waals surface area contributed by atoms with Crippen molar-refractivity contribution >= 4 is 17.7 Å². The molecule has 0 aromatic carbocycles. The van der Waals surface area contributed by atoms with E-state index in [4.69, 9.17) is 0 Å². The molecule has 6 heteroatoms. The first-order valence-electron chi connectivity index (χ1n) is 7.95. The Bertz CT molecular complexity index is 724. The summed E-state index contributed by atoms with van der Waals surface area (Å²) in [5.74, 6) is -0.259. The second-order valence-electron chi connectivity index (χ2n) is 6.82. The van der Waals surface area contributed by atoms with Crippen LogP contribution in [-0.2, 0) is 9.59 Å². The van der Waals surface area contributed by atoms with Crippen LogP contribution < -0.4 is 5.43 Å². The van der Waals surface area contributed by atoms with Gasteiger partial charge >= 0.3 is 0 Å². The molecular formula is C17H15N3O3. The summed E-state index contributed by atoms with van der Waals surface area (Å²) in [7, 11) is 0. The van der Waals surface area contributed by atoms with Gasteiger partial charge in [-0.3, -0.25) is 24.8 Å². The lowest BCUT2D eigenvalue weighted by Crippen LogP contribution is -2.47. The first-order valence-corrected chi connectivity index (χ1v) is 7.95. The standard InChI is InChI=1S/C17H15N3O3/c21-15(12-3-1-2-6-18-12)19-20-16(22)13-8-4-5-9(11-7-10(8)11)14(13)17(20)23/h1-6,8-11,13-14H,7H2,(H,19,21)/t8-,9+,10+,11-,13-,14+. The Kier molecular flexibility index (Phi) is 2.42. The Hall–Kier alpha value is -2.50. The van der Waals surface area contributed by atoms with Crippen LogP contribution in [0.15, 0.2) is 36.5 Å². The number of hydrogen-bond donors (Lipinski definition) is 1. The Labute approximate surface area is 132 Å². The predicted octanol–water partition coefficient (Wildman–Crippen LogP) is 0.779. The number of aromatic nitrogens is 1. The van der Waals surface area contributed by atoms with Crippen molar-refractivity contribution in [3.05, 3.63) is 42.2 Å². The minimum Gasteiger partial charge on any atom is -0.272 e. The number of hydrazine groups is 1. The Morgan fingerprint density at radius 2 is 1.74 bits per heavy atom. The summed E-state index contributed by atoms with van der Waals surface area (Å²) in [5.41, 5.74) is 2.64. The van der Waals surface area contributed by atoms with E-state index in [0.29, 0.717) is 11.8 Å². The quantitative estimate of drug-likeness (QED) is 0.647. The minimum atomic E-state index is -0.531. The van der Waals surface area contributed by atoms with E-state index < -0.39 is 5.91 Å². The molecule has 4 aliphatic carbocycles. The molecule has 2 bridgehead atoms. The zero-order valence-corrected chi connectivity index (χ0v) is 12.3. The molecule has 1 aliphatic heterocycles. The molecule has 6 rings (SSSR count). The summed E-state index contributed by atoms with van der Waals surface area (Å²) in [5, 5.41) is 0.935. The highest BCUT2D eigenvalue weighted by molar-refractivity contribution is 6.08. The number of nitrogens with zero attached hydrogens (tertiary/aromatic N) is 2. The fourth-order valence-electron chi connectivity index (χ4n) is 4.72. The summed E-state index contributed by atoms with van der Waals surface area (Å²) in [4.78, 5) is 41.6. The van der Waals surface area contributed by atoms with E-state index in [1.165, 1.54) is 6.20 Å². The molecule has 2 heterocycles. The van der Waals surface area contributed by atoms with Crippen LogP contribution >= 0.6 is 0 Å². The number of amides is 3. The number of rotatable bonds is 2. The van der Waals surface area contributed by atoms with E-state index in [1.54, 1.807) is 18.2 Å². The van der Waals surface area contributed by atoms with Crippen molar-refractivity contribution in [3.63, 3.8) is 0 Å². The van der Waals surface area contributed by atoms with Gasteiger partial charge in [-0.15, -0.1) is 0 Å². The summed E-state index contributed by atoms with van der Waals surface area (Å²) < 4.78 is 0. The van der Waals surface area contributed by atoms with Gasteiger partial charge in [-0.1, -0.05) is 18.2 Å². The van der Waals surface area contributed by atoms with E-state index in [0.717, 1.165) is 11.4 Å². The highest BCUT2D eigenvalue weighted by Crippen LogP contribution is 2.65. The van der Waals surface area contributed by atoms with Crippen LogP contribution in [0, 0.1) is 35.5 Å². The van der Waals surface area contributed by atoms with Gasteiger partial charge in [0.2, 0.25) is 0 Å². The third kappa shape index (κ3) is 1.63. The molecule has 0 radical (unpaired) electrons. The van der Waals surface area contributed by atoms with E-state index >= 15 is 0 Å². The number of allylic oxidation sites excluding steroid dienone is 2. The minimum absolute atomic E-state index is 0.156. The van der Waals surface area contributed by atoms with Gasteiger partial charge in [-0.2, -0.15) is 5.01 Å². The van der Waals surface area contributed by atoms with Crippen LogP contribution in [0.25, 0.3) is 0 Å². The molecule has 1 saturated heterocycles. The first-order chi connectivity index (χ1) is 11.2. The maximum absolute atomic E-state index is 12.7. The third-order valence-electron chi connectivity index (χ3n) is 5.77. The van der Waals surface area contributed by atoms with Crippen molar-refractivity contribution < 1.29 is 14.4 Å². The average Bonchev–Trinajstić information content (AvgIpc) is 3.37. The summed E-state index contributed by atoms with van der Waals surface area (Å²) >= 11 is 0. The van der Waals surface area contributed by atoms with Gasteiger partial charge in [0.25, 0.3) is 17.7 Å². The summed E-state index contributed by atoms with van der Waals surface area (Å²) in [6.07, 6.45) is 6.83. The molecule has 6 atom stereocenters. The molecule has 1 aromatic heterocycles. The Morgan fingerprint density at radius 1 is 1.09 bits per heavy atom. The molecule has 6 nitrogen and oxygen atoms in total. The molecule has 0 unspecified atom stereocenters. The maximum atomic E-state index is 12.7. The van der Waals surface area contributed by atoms with Crippen molar-refractivity contribution in [1.29, 1.82) is 0 Å². The zero-order valence-electron chi connectivity index (χ0n) is 12.3. The largest absolute Gasteiger partial charge is 0.288 e. The maximum Gasteiger partial charge on any atom is 0.288 e. The number of carbonyl (C=O) groups is 3. The van der Waals surface area contributed by atoms with Crippen molar-refractivity contribution in [1.82, 2.24) is 15.4 Å². The van der Waals surface area contributed by atoms with E-state index in [2.05, 4.69) is 22.6 Å². The number of carbonyl (C=O) groups excluding carboxylic acids is 3. The lowest BCUT2D eigenvalue weighted by Gasteiger charge is -2.37. The van der Waals surface area contributed by atoms with Gasteiger partial charge in [0.15, 0.2) is 0 Å². The van der Waals surface area contributed by atoms with Gasteiger partial charge < -0.3 is 0 Å². The lowest BCUT2D eigenvalue weighted by atomic mass is 9.63. The normalized spacial score (nSPS) is 39.2. The fraction of sp³-hybridized carbons (Fsp3) is 0.412. The molecule has 23 heavy (non-hydrogen) atoms. The highest BCUT2D eigenvalue weighted by atomic mass is 16.2.